The van der Waals surface area contributed by atoms with Gasteiger partial charge in [-0.15, -0.1) is 0 Å². The van der Waals surface area contributed by atoms with E-state index >= 15 is 0 Å². The SMILES string of the molecule is O=C(CCC1CCCC1)NCCC1CCCNC1. The zero-order valence-corrected chi connectivity index (χ0v) is 11.5. The van der Waals surface area contributed by atoms with E-state index in [1.807, 2.05) is 0 Å². The van der Waals surface area contributed by atoms with Gasteiger partial charge in [0.15, 0.2) is 0 Å². The van der Waals surface area contributed by atoms with Crippen LogP contribution in [0, 0.1) is 11.8 Å². The van der Waals surface area contributed by atoms with Gasteiger partial charge in [-0.1, -0.05) is 25.7 Å². The molecule has 2 aliphatic rings. The molecule has 0 aromatic carbocycles. The third-order valence-corrected chi connectivity index (χ3v) is 4.53. The fraction of sp³-hybridized carbons (Fsp3) is 0.933. The Morgan fingerprint density at radius 1 is 1.06 bits per heavy atom. The van der Waals surface area contributed by atoms with Crippen LogP contribution in [0.4, 0.5) is 0 Å². The van der Waals surface area contributed by atoms with E-state index < -0.39 is 0 Å². The minimum absolute atomic E-state index is 0.269. The maximum atomic E-state index is 11.7. The summed E-state index contributed by atoms with van der Waals surface area (Å²) in [6.07, 6.45) is 11.1. The van der Waals surface area contributed by atoms with Gasteiger partial charge in [-0.05, 0) is 50.6 Å². The highest BCUT2D eigenvalue weighted by Crippen LogP contribution is 2.28. The number of nitrogens with one attached hydrogen (secondary N) is 2. The van der Waals surface area contributed by atoms with Crippen molar-refractivity contribution >= 4 is 5.91 Å². The van der Waals surface area contributed by atoms with Crippen molar-refractivity contribution in [1.82, 2.24) is 10.6 Å². The van der Waals surface area contributed by atoms with Gasteiger partial charge in [0.1, 0.15) is 0 Å². The van der Waals surface area contributed by atoms with Gasteiger partial charge in [0, 0.05) is 13.0 Å². The van der Waals surface area contributed by atoms with E-state index in [1.54, 1.807) is 0 Å². The standard InChI is InChI=1S/C15H28N2O/c18-15(8-7-13-4-1-2-5-13)17-11-9-14-6-3-10-16-12-14/h13-14,16H,1-12H2,(H,17,18). The van der Waals surface area contributed by atoms with Crippen LogP contribution in [0.1, 0.15) is 57.8 Å². The largest absolute Gasteiger partial charge is 0.356 e. The molecule has 1 unspecified atom stereocenters. The molecule has 1 aliphatic carbocycles. The molecule has 2 N–H and O–H groups in total. The normalized spacial score (nSPS) is 25.2. The van der Waals surface area contributed by atoms with E-state index in [4.69, 9.17) is 0 Å². The van der Waals surface area contributed by atoms with Crippen molar-refractivity contribution in [2.75, 3.05) is 19.6 Å². The molecule has 3 heteroatoms. The topological polar surface area (TPSA) is 41.1 Å². The average Bonchev–Trinajstić information content (AvgIpc) is 2.91. The van der Waals surface area contributed by atoms with Gasteiger partial charge >= 0.3 is 0 Å². The summed E-state index contributed by atoms with van der Waals surface area (Å²) >= 11 is 0. The number of carbonyl (C=O) groups is 1. The van der Waals surface area contributed by atoms with Crippen molar-refractivity contribution < 1.29 is 4.79 Å². The lowest BCUT2D eigenvalue weighted by molar-refractivity contribution is -0.121. The Morgan fingerprint density at radius 3 is 2.56 bits per heavy atom. The minimum atomic E-state index is 0.269. The van der Waals surface area contributed by atoms with Crippen LogP contribution in [0.25, 0.3) is 0 Å². The van der Waals surface area contributed by atoms with Crippen molar-refractivity contribution in [1.29, 1.82) is 0 Å². The Bertz CT molecular complexity index is 243. The van der Waals surface area contributed by atoms with Crippen LogP contribution in [0.3, 0.4) is 0 Å². The Balaban J connectivity index is 1.48. The van der Waals surface area contributed by atoms with Gasteiger partial charge in [-0.25, -0.2) is 0 Å². The van der Waals surface area contributed by atoms with Gasteiger partial charge in [0.2, 0.25) is 5.91 Å². The summed E-state index contributed by atoms with van der Waals surface area (Å²) < 4.78 is 0. The number of hydrogen-bond acceptors (Lipinski definition) is 2. The van der Waals surface area contributed by atoms with E-state index in [0.717, 1.165) is 44.2 Å². The summed E-state index contributed by atoms with van der Waals surface area (Å²) in [6, 6.07) is 0. The molecule has 0 spiro atoms. The van der Waals surface area contributed by atoms with E-state index in [0.29, 0.717) is 0 Å². The highest BCUT2D eigenvalue weighted by Gasteiger charge is 2.16. The van der Waals surface area contributed by atoms with E-state index in [-0.39, 0.29) is 5.91 Å². The molecule has 0 bridgehead atoms. The monoisotopic (exact) mass is 252 g/mol. The lowest BCUT2D eigenvalue weighted by Gasteiger charge is -2.22. The third-order valence-electron chi connectivity index (χ3n) is 4.53. The van der Waals surface area contributed by atoms with Crippen molar-refractivity contribution in [2.24, 2.45) is 11.8 Å². The molecule has 18 heavy (non-hydrogen) atoms. The zero-order chi connectivity index (χ0) is 12.6. The molecule has 0 aromatic rings. The van der Waals surface area contributed by atoms with Crippen LogP contribution in [0.5, 0.6) is 0 Å². The highest BCUT2D eigenvalue weighted by molar-refractivity contribution is 5.75. The van der Waals surface area contributed by atoms with Crippen molar-refractivity contribution in [3.63, 3.8) is 0 Å². The van der Waals surface area contributed by atoms with Crippen LogP contribution in [-0.4, -0.2) is 25.5 Å². The fourth-order valence-corrected chi connectivity index (χ4v) is 3.31. The maximum absolute atomic E-state index is 11.7. The smallest absolute Gasteiger partial charge is 0.220 e. The van der Waals surface area contributed by atoms with Crippen LogP contribution in [0.2, 0.25) is 0 Å². The molecular formula is C15H28N2O. The predicted octanol–water partition coefficient (Wildman–Crippen LogP) is 2.46. The molecule has 2 rings (SSSR count). The second-order valence-corrected chi connectivity index (χ2v) is 6.04. The van der Waals surface area contributed by atoms with Crippen LogP contribution in [0.15, 0.2) is 0 Å². The Hall–Kier alpha value is -0.570. The number of carbonyl (C=O) groups excluding carboxylic acids is 1. The van der Waals surface area contributed by atoms with E-state index in [9.17, 15) is 4.79 Å². The quantitative estimate of drug-likeness (QED) is 0.762. The Kier molecular flexibility index (Phi) is 5.98. The highest BCUT2D eigenvalue weighted by atomic mass is 16.1. The first-order chi connectivity index (χ1) is 8.84. The number of piperidine rings is 1. The Morgan fingerprint density at radius 2 is 1.83 bits per heavy atom. The summed E-state index contributed by atoms with van der Waals surface area (Å²) in [5.41, 5.74) is 0. The molecule has 1 amide bonds. The Labute approximate surface area is 111 Å². The number of amides is 1. The summed E-state index contributed by atoms with van der Waals surface area (Å²) in [7, 11) is 0. The minimum Gasteiger partial charge on any atom is -0.356 e. The molecular weight excluding hydrogens is 224 g/mol. The average molecular weight is 252 g/mol. The number of hydrogen-bond donors (Lipinski definition) is 2. The number of rotatable bonds is 6. The van der Waals surface area contributed by atoms with Gasteiger partial charge in [0.25, 0.3) is 0 Å². The lowest BCUT2D eigenvalue weighted by Crippen LogP contribution is -2.33. The van der Waals surface area contributed by atoms with Crippen molar-refractivity contribution in [3.05, 3.63) is 0 Å². The maximum Gasteiger partial charge on any atom is 0.220 e. The molecule has 1 atom stereocenters. The second kappa shape index (κ2) is 7.78. The zero-order valence-electron chi connectivity index (χ0n) is 11.5. The third kappa shape index (κ3) is 4.97. The first kappa shape index (κ1) is 13.9. The lowest BCUT2D eigenvalue weighted by atomic mass is 9.96. The molecule has 1 saturated carbocycles. The molecule has 1 heterocycles. The molecule has 3 nitrogen and oxygen atoms in total. The molecule has 104 valence electrons. The van der Waals surface area contributed by atoms with Gasteiger partial charge in [-0.3, -0.25) is 4.79 Å². The first-order valence-electron chi connectivity index (χ1n) is 7.82. The van der Waals surface area contributed by atoms with E-state index in [1.165, 1.54) is 45.1 Å². The molecule has 1 aliphatic heterocycles. The molecule has 2 fully saturated rings. The summed E-state index contributed by atoms with van der Waals surface area (Å²) in [5.74, 6) is 1.87. The van der Waals surface area contributed by atoms with Gasteiger partial charge in [-0.2, -0.15) is 0 Å². The van der Waals surface area contributed by atoms with Gasteiger partial charge < -0.3 is 10.6 Å². The summed E-state index contributed by atoms with van der Waals surface area (Å²) in [5, 5.41) is 6.51. The molecule has 1 saturated heterocycles. The molecule has 0 aromatic heterocycles. The van der Waals surface area contributed by atoms with Crippen LogP contribution in [-0.2, 0) is 4.79 Å². The van der Waals surface area contributed by atoms with Crippen LogP contribution < -0.4 is 10.6 Å². The fourth-order valence-electron chi connectivity index (χ4n) is 3.31. The molecule has 0 radical (unpaired) electrons. The summed E-state index contributed by atoms with van der Waals surface area (Å²) in [4.78, 5) is 11.7. The second-order valence-electron chi connectivity index (χ2n) is 6.04. The van der Waals surface area contributed by atoms with Crippen molar-refractivity contribution in [2.45, 2.75) is 57.8 Å². The first-order valence-corrected chi connectivity index (χ1v) is 7.82. The predicted molar refractivity (Wildman–Crippen MR) is 74.4 cm³/mol. The van der Waals surface area contributed by atoms with Gasteiger partial charge in [0.05, 0.1) is 0 Å². The van der Waals surface area contributed by atoms with E-state index in [2.05, 4.69) is 10.6 Å². The van der Waals surface area contributed by atoms with Crippen molar-refractivity contribution in [3.8, 4) is 0 Å². The summed E-state index contributed by atoms with van der Waals surface area (Å²) in [6.45, 7) is 3.18. The van der Waals surface area contributed by atoms with Crippen LogP contribution >= 0.6 is 0 Å².